The molecule has 5 aromatic rings. The number of carbonyl (C=O) groups is 2. The Bertz CT molecular complexity index is 2160. The van der Waals surface area contributed by atoms with E-state index >= 15 is 0 Å². The van der Waals surface area contributed by atoms with E-state index < -0.39 is 51.5 Å². The van der Waals surface area contributed by atoms with Gasteiger partial charge in [-0.2, -0.15) is 0 Å². The van der Waals surface area contributed by atoms with Crippen LogP contribution in [0.3, 0.4) is 0 Å². The van der Waals surface area contributed by atoms with E-state index in [9.17, 15) is 27.2 Å². The van der Waals surface area contributed by atoms with Gasteiger partial charge in [-0.05, 0) is 88.1 Å². The molecule has 1 aromatic heterocycles. The summed E-state index contributed by atoms with van der Waals surface area (Å²) >= 11 is 0. The molecule has 2 aliphatic rings. The normalized spacial score (nSPS) is 14.0. The number of Topliss-reactive ketones (excluding diaryl/α,β-unsaturated/α-hetero) is 2. The lowest BCUT2D eigenvalue weighted by atomic mass is 10.0. The van der Waals surface area contributed by atoms with Crippen molar-refractivity contribution in [1.29, 1.82) is 0 Å². The van der Waals surface area contributed by atoms with Gasteiger partial charge in [0.05, 0.1) is 39.1 Å². The van der Waals surface area contributed by atoms with Gasteiger partial charge in [0.15, 0.2) is 34.9 Å². The van der Waals surface area contributed by atoms with Gasteiger partial charge in [0.1, 0.15) is 5.82 Å². The van der Waals surface area contributed by atoms with Gasteiger partial charge in [0.2, 0.25) is 11.6 Å². The Hall–Kier alpha value is -5.64. The van der Waals surface area contributed by atoms with Crippen LogP contribution in [-0.2, 0) is 0 Å². The monoisotopic (exact) mass is 648 g/mol. The lowest BCUT2D eigenvalue weighted by Crippen LogP contribution is -2.24. The third-order valence-electron chi connectivity index (χ3n) is 8.74. The highest BCUT2D eigenvalue weighted by atomic mass is 19.2. The molecular formula is C38H28F4N4O2. The van der Waals surface area contributed by atoms with Crippen molar-refractivity contribution in [2.24, 2.45) is 0 Å². The number of aryl methyl sites for hydroxylation is 6. The summed E-state index contributed by atoms with van der Waals surface area (Å²) in [7, 11) is 0. The minimum Gasteiger partial charge on any atom is -0.288 e. The van der Waals surface area contributed by atoms with Gasteiger partial charge in [0.25, 0.3) is 0 Å². The second-order valence-corrected chi connectivity index (χ2v) is 12.3. The Morgan fingerprint density at radius 3 is 1.31 bits per heavy atom. The molecule has 0 saturated carbocycles. The van der Waals surface area contributed by atoms with E-state index in [-0.39, 0.29) is 0 Å². The number of benzene rings is 4. The third-order valence-corrected chi connectivity index (χ3v) is 8.74. The average molecular weight is 649 g/mol. The number of fused-ring (bicyclic) bond motifs is 3. The zero-order chi connectivity index (χ0) is 34.3. The summed E-state index contributed by atoms with van der Waals surface area (Å²) < 4.78 is 57.9. The Kier molecular flexibility index (Phi) is 7.08. The van der Waals surface area contributed by atoms with Gasteiger partial charge in [0, 0.05) is 0 Å². The van der Waals surface area contributed by atoms with Gasteiger partial charge in [-0.15, -0.1) is 0 Å². The summed E-state index contributed by atoms with van der Waals surface area (Å²) in [5, 5.41) is 0. The number of allylic oxidation sites excluding steroid dienone is 3. The first-order valence-electron chi connectivity index (χ1n) is 15.2. The number of para-hydroxylation sites is 2. The number of hydrogen-bond donors (Lipinski definition) is 0. The number of nitrogens with zero attached hydrogens (tertiary/aromatic N) is 4. The molecule has 6 nitrogen and oxygen atoms in total. The van der Waals surface area contributed by atoms with E-state index in [0.29, 0.717) is 28.5 Å². The number of aromatic nitrogens is 2. The van der Waals surface area contributed by atoms with Crippen LogP contribution in [0.1, 0.15) is 54.1 Å². The van der Waals surface area contributed by atoms with Crippen molar-refractivity contribution in [1.82, 2.24) is 9.97 Å². The van der Waals surface area contributed by atoms with Crippen LogP contribution in [0.15, 0.2) is 72.1 Å². The van der Waals surface area contributed by atoms with Crippen molar-refractivity contribution in [3.63, 3.8) is 0 Å². The SMILES string of the molecule is Cc1cc(C)c(N2C(=CC=C3C(=O)c4c(F)c(F)c(F)c(F)c4C3=O)N(c3c(C)cc(C)cc3C)c3nc4ccccc4nc32)c(C)c1. The molecule has 0 radical (unpaired) electrons. The second-order valence-electron chi connectivity index (χ2n) is 12.3. The summed E-state index contributed by atoms with van der Waals surface area (Å²) in [6.45, 7) is 11.8. The quantitative estimate of drug-likeness (QED) is 0.0639. The van der Waals surface area contributed by atoms with E-state index in [4.69, 9.17) is 9.97 Å². The van der Waals surface area contributed by atoms with Gasteiger partial charge in [-0.1, -0.05) is 47.5 Å². The van der Waals surface area contributed by atoms with E-state index in [1.807, 2.05) is 99.9 Å². The van der Waals surface area contributed by atoms with Gasteiger partial charge in [-0.25, -0.2) is 27.5 Å². The molecule has 0 N–H and O–H groups in total. The van der Waals surface area contributed by atoms with Crippen LogP contribution >= 0.6 is 0 Å². The smallest absolute Gasteiger partial charge is 0.200 e. The lowest BCUT2D eigenvalue weighted by Gasteiger charge is -2.29. The molecule has 1 aliphatic heterocycles. The maximum absolute atomic E-state index is 14.8. The number of rotatable bonds is 3. The van der Waals surface area contributed by atoms with E-state index in [1.54, 1.807) is 0 Å². The largest absolute Gasteiger partial charge is 0.288 e. The van der Waals surface area contributed by atoms with E-state index in [1.165, 1.54) is 6.08 Å². The summed E-state index contributed by atoms with van der Waals surface area (Å²) in [6.07, 6.45) is 2.61. The predicted molar refractivity (Wildman–Crippen MR) is 176 cm³/mol. The molecule has 2 heterocycles. The Morgan fingerprint density at radius 1 is 0.562 bits per heavy atom. The number of carbonyl (C=O) groups excluding carboxylic acids is 2. The molecule has 0 bridgehead atoms. The average Bonchev–Trinajstić information content (AvgIpc) is 3.45. The molecule has 0 saturated heterocycles. The Balaban J connectivity index is 1.55. The van der Waals surface area contributed by atoms with Crippen LogP contribution < -0.4 is 9.80 Å². The molecule has 10 heteroatoms. The highest BCUT2D eigenvalue weighted by molar-refractivity contribution is 6.39. The van der Waals surface area contributed by atoms with Crippen molar-refractivity contribution >= 4 is 45.6 Å². The molecule has 0 unspecified atom stereocenters. The minimum atomic E-state index is -2.16. The van der Waals surface area contributed by atoms with Crippen molar-refractivity contribution in [2.75, 3.05) is 9.80 Å². The van der Waals surface area contributed by atoms with Gasteiger partial charge < -0.3 is 0 Å². The summed E-state index contributed by atoms with van der Waals surface area (Å²) in [6, 6.07) is 15.5. The van der Waals surface area contributed by atoms with Gasteiger partial charge in [-0.3, -0.25) is 19.4 Å². The predicted octanol–water partition coefficient (Wildman–Crippen LogP) is 9.17. The minimum absolute atomic E-state index is 0.410. The molecule has 48 heavy (non-hydrogen) atoms. The molecule has 0 spiro atoms. The summed E-state index contributed by atoms with van der Waals surface area (Å²) in [5.41, 5.74) is 5.60. The molecular weight excluding hydrogens is 620 g/mol. The third kappa shape index (κ3) is 4.46. The fourth-order valence-corrected chi connectivity index (χ4v) is 6.98. The maximum atomic E-state index is 14.8. The van der Waals surface area contributed by atoms with Gasteiger partial charge >= 0.3 is 0 Å². The standard InChI is InChI=1S/C38H28F4N4O2/c1-17-13-19(3)33(20(4)14-17)45-26(12-11-23-35(47)27-28(36(23)48)30(40)32(42)31(41)29(27)39)46(34-21(5)15-18(2)16-22(34)6)38-37(45)43-24-9-7-8-10-25(24)44-38/h7-16H,1-6H3. The van der Waals surface area contributed by atoms with Crippen LogP contribution in [0.4, 0.5) is 40.6 Å². The fourth-order valence-electron chi connectivity index (χ4n) is 6.98. The first-order chi connectivity index (χ1) is 22.8. The molecule has 4 aromatic carbocycles. The summed E-state index contributed by atoms with van der Waals surface area (Å²) in [4.78, 5) is 40.6. The van der Waals surface area contributed by atoms with E-state index in [2.05, 4.69) is 0 Å². The van der Waals surface area contributed by atoms with Crippen LogP contribution in [-0.4, -0.2) is 21.5 Å². The molecule has 0 fully saturated rings. The fraction of sp³-hybridized carbons (Fsp3) is 0.158. The van der Waals surface area contributed by atoms with Crippen molar-refractivity contribution in [3.8, 4) is 0 Å². The van der Waals surface area contributed by atoms with Crippen LogP contribution in [0.2, 0.25) is 0 Å². The Morgan fingerprint density at radius 2 is 0.938 bits per heavy atom. The summed E-state index contributed by atoms with van der Waals surface area (Å²) in [5.74, 6) is -9.27. The van der Waals surface area contributed by atoms with Crippen molar-refractivity contribution in [2.45, 2.75) is 41.5 Å². The topological polar surface area (TPSA) is 66.4 Å². The maximum Gasteiger partial charge on any atom is 0.200 e. The zero-order valence-electron chi connectivity index (χ0n) is 26.9. The van der Waals surface area contributed by atoms with Crippen LogP contribution in [0.5, 0.6) is 0 Å². The van der Waals surface area contributed by atoms with Crippen molar-refractivity contribution in [3.05, 3.63) is 140 Å². The van der Waals surface area contributed by atoms with Crippen molar-refractivity contribution < 1.29 is 27.2 Å². The number of hydrogen-bond acceptors (Lipinski definition) is 6. The number of ketones is 2. The second kappa shape index (κ2) is 11.0. The van der Waals surface area contributed by atoms with Crippen LogP contribution in [0.25, 0.3) is 11.0 Å². The number of halogens is 4. The lowest BCUT2D eigenvalue weighted by molar-refractivity contribution is 0.0986. The molecule has 240 valence electrons. The molecule has 1 aliphatic carbocycles. The molecule has 0 amide bonds. The zero-order valence-corrected chi connectivity index (χ0v) is 26.9. The first-order valence-corrected chi connectivity index (χ1v) is 15.2. The highest BCUT2D eigenvalue weighted by Crippen LogP contribution is 2.51. The highest BCUT2D eigenvalue weighted by Gasteiger charge is 2.43. The Labute approximate surface area is 273 Å². The first kappa shape index (κ1) is 31.0. The molecule has 0 atom stereocenters. The van der Waals surface area contributed by atoms with Crippen LogP contribution in [0, 0.1) is 64.8 Å². The number of anilines is 4. The van der Waals surface area contributed by atoms with E-state index in [0.717, 1.165) is 50.8 Å². The molecule has 7 rings (SSSR count).